The number of ether oxygens (including phenoxy) is 3. The maximum atomic E-state index is 12.6. The molecule has 1 aliphatic rings. The standard InChI is InChI=1S/C39H72NO11P/c1-3-5-7-8-9-10-11-12-13-17-20-24-28-37(41)47-30-33(31-48-52(45,46)49-32-34(40)39(43)44)50-38(42)29-25-21-18-15-14-16-19-23-27-36-35(51-36)26-22-6-4-2/h19,23,33-36H,3-18,20-22,24-32,40H2,1-2H3,(H,43,44)(H,45,46)/b23-19-/t33-,34+,35?,36?/m1/s1. The van der Waals surface area contributed by atoms with E-state index in [9.17, 15) is 23.8 Å². The van der Waals surface area contributed by atoms with Gasteiger partial charge in [0.2, 0.25) is 0 Å². The van der Waals surface area contributed by atoms with Crippen molar-refractivity contribution in [3.63, 3.8) is 0 Å². The van der Waals surface area contributed by atoms with Gasteiger partial charge in [-0.1, -0.05) is 135 Å². The molecule has 13 heteroatoms. The van der Waals surface area contributed by atoms with Gasteiger partial charge in [-0.05, 0) is 38.5 Å². The van der Waals surface area contributed by atoms with Crippen LogP contribution >= 0.6 is 7.82 Å². The first-order valence-corrected chi connectivity index (χ1v) is 21.8. The van der Waals surface area contributed by atoms with Crippen molar-refractivity contribution in [1.82, 2.24) is 0 Å². The topological polar surface area (TPSA) is 184 Å². The molecule has 3 unspecified atom stereocenters. The first kappa shape index (κ1) is 48.2. The molecular weight excluding hydrogens is 689 g/mol. The van der Waals surface area contributed by atoms with E-state index < -0.39 is 51.1 Å². The Kier molecular flexibility index (Phi) is 29.2. The highest BCUT2D eigenvalue weighted by Gasteiger charge is 2.36. The van der Waals surface area contributed by atoms with Crippen molar-refractivity contribution in [3.8, 4) is 0 Å². The Morgan fingerprint density at radius 3 is 1.81 bits per heavy atom. The Morgan fingerprint density at radius 2 is 1.21 bits per heavy atom. The lowest BCUT2D eigenvalue weighted by Gasteiger charge is -2.20. The van der Waals surface area contributed by atoms with Gasteiger partial charge >= 0.3 is 25.7 Å². The lowest BCUT2D eigenvalue weighted by atomic mass is 10.0. The van der Waals surface area contributed by atoms with Crippen LogP contribution < -0.4 is 5.73 Å². The number of phosphoric ester groups is 1. The minimum Gasteiger partial charge on any atom is -0.480 e. The van der Waals surface area contributed by atoms with Crippen molar-refractivity contribution in [2.24, 2.45) is 5.73 Å². The lowest BCUT2D eigenvalue weighted by Crippen LogP contribution is -2.34. The molecular formula is C39H72NO11P. The molecule has 0 aliphatic carbocycles. The molecule has 304 valence electrons. The third-order valence-corrected chi connectivity index (χ3v) is 10.1. The van der Waals surface area contributed by atoms with Crippen LogP contribution in [0.3, 0.4) is 0 Å². The van der Waals surface area contributed by atoms with E-state index in [2.05, 4.69) is 30.5 Å². The third-order valence-electron chi connectivity index (χ3n) is 9.19. The molecule has 0 bridgehead atoms. The van der Waals surface area contributed by atoms with Crippen LogP contribution in [0.25, 0.3) is 0 Å². The van der Waals surface area contributed by atoms with Gasteiger partial charge in [-0.15, -0.1) is 0 Å². The molecule has 12 nitrogen and oxygen atoms in total. The van der Waals surface area contributed by atoms with E-state index >= 15 is 0 Å². The SMILES string of the molecule is CCCCCCCCCCCCCCC(=O)OC[C@H](COP(=O)(O)OC[C@H](N)C(=O)O)OC(=O)CCCCCCC/C=C\CC1OC1CCCCC. The number of allylic oxidation sites excluding steroid dienone is 1. The number of esters is 2. The summed E-state index contributed by atoms with van der Waals surface area (Å²) in [7, 11) is -4.71. The van der Waals surface area contributed by atoms with Crippen LogP contribution in [0.2, 0.25) is 0 Å². The highest BCUT2D eigenvalue weighted by atomic mass is 31.2. The molecule has 1 aliphatic heterocycles. The highest BCUT2D eigenvalue weighted by Crippen LogP contribution is 2.43. The Balaban J connectivity index is 2.30. The van der Waals surface area contributed by atoms with Crippen LogP contribution in [0.5, 0.6) is 0 Å². The van der Waals surface area contributed by atoms with E-state index in [0.29, 0.717) is 25.0 Å². The van der Waals surface area contributed by atoms with Crippen molar-refractivity contribution in [2.75, 3.05) is 19.8 Å². The number of aliphatic carboxylic acids is 1. The number of hydrogen-bond acceptors (Lipinski definition) is 10. The fourth-order valence-corrected chi connectivity index (χ4v) is 6.61. The van der Waals surface area contributed by atoms with Crippen LogP contribution in [0, 0.1) is 0 Å². The van der Waals surface area contributed by atoms with Gasteiger partial charge in [-0.2, -0.15) is 0 Å². The van der Waals surface area contributed by atoms with E-state index in [-0.39, 0.29) is 19.4 Å². The van der Waals surface area contributed by atoms with Gasteiger partial charge in [0.1, 0.15) is 12.6 Å². The number of carbonyl (C=O) groups excluding carboxylic acids is 2. The molecule has 0 saturated carbocycles. The Morgan fingerprint density at radius 1 is 0.692 bits per heavy atom. The second-order valence-corrected chi connectivity index (χ2v) is 15.6. The van der Waals surface area contributed by atoms with Crippen molar-refractivity contribution in [2.45, 2.75) is 199 Å². The number of nitrogens with two attached hydrogens (primary N) is 1. The fraction of sp³-hybridized carbons (Fsp3) is 0.872. The van der Waals surface area contributed by atoms with Crippen molar-refractivity contribution < 1.29 is 52.2 Å². The van der Waals surface area contributed by atoms with E-state index in [1.165, 1.54) is 77.0 Å². The predicted molar refractivity (Wildman–Crippen MR) is 203 cm³/mol. The van der Waals surface area contributed by atoms with E-state index in [0.717, 1.165) is 57.8 Å². The monoisotopic (exact) mass is 761 g/mol. The number of hydrogen-bond donors (Lipinski definition) is 3. The van der Waals surface area contributed by atoms with Gasteiger partial charge in [0.05, 0.1) is 25.4 Å². The molecule has 1 heterocycles. The van der Waals surface area contributed by atoms with Gasteiger partial charge in [0.25, 0.3) is 0 Å². The number of rotatable bonds is 37. The van der Waals surface area contributed by atoms with Crippen molar-refractivity contribution >= 4 is 25.7 Å². The minimum atomic E-state index is -4.71. The highest BCUT2D eigenvalue weighted by molar-refractivity contribution is 7.47. The molecule has 0 aromatic rings. The largest absolute Gasteiger partial charge is 0.480 e. The number of carbonyl (C=O) groups is 3. The number of carboxylic acid groups (broad SMARTS) is 1. The molecule has 4 N–H and O–H groups in total. The summed E-state index contributed by atoms with van der Waals surface area (Å²) < 4.78 is 38.3. The summed E-state index contributed by atoms with van der Waals surface area (Å²) in [4.78, 5) is 45.8. The maximum absolute atomic E-state index is 12.6. The normalized spacial score (nSPS) is 17.8. The van der Waals surface area contributed by atoms with Crippen LogP contribution in [0.4, 0.5) is 0 Å². The zero-order chi connectivity index (χ0) is 38.3. The second-order valence-electron chi connectivity index (χ2n) is 14.2. The number of epoxide rings is 1. The van der Waals surface area contributed by atoms with Crippen LogP contribution in [-0.2, 0) is 42.2 Å². The molecule has 5 atom stereocenters. The second kappa shape index (κ2) is 31.5. The first-order chi connectivity index (χ1) is 25.1. The van der Waals surface area contributed by atoms with Crippen LogP contribution in [-0.4, -0.2) is 72.1 Å². The zero-order valence-corrected chi connectivity index (χ0v) is 33.3. The number of unbranched alkanes of at least 4 members (excludes halogenated alkanes) is 18. The van der Waals surface area contributed by atoms with Crippen molar-refractivity contribution in [1.29, 1.82) is 0 Å². The van der Waals surface area contributed by atoms with Crippen LogP contribution in [0.1, 0.15) is 174 Å². The summed E-state index contributed by atoms with van der Waals surface area (Å²) in [5, 5.41) is 8.87. The predicted octanol–water partition coefficient (Wildman–Crippen LogP) is 9.10. The Hall–Kier alpha value is -1.82. The van der Waals surface area contributed by atoms with E-state index in [1.807, 2.05) is 0 Å². The number of phosphoric acid groups is 1. The summed E-state index contributed by atoms with van der Waals surface area (Å²) in [6, 6.07) is -1.52. The Labute approximate surface area is 313 Å². The molecule has 1 fully saturated rings. The van der Waals surface area contributed by atoms with Crippen molar-refractivity contribution in [3.05, 3.63) is 12.2 Å². The van der Waals surface area contributed by atoms with Gasteiger partial charge in [-0.25, -0.2) is 4.57 Å². The molecule has 0 amide bonds. The molecule has 0 aromatic carbocycles. The lowest BCUT2D eigenvalue weighted by molar-refractivity contribution is -0.161. The zero-order valence-electron chi connectivity index (χ0n) is 32.4. The molecule has 1 rings (SSSR count). The summed E-state index contributed by atoms with van der Waals surface area (Å²) in [6.07, 6.45) is 30.2. The third kappa shape index (κ3) is 28.7. The average molecular weight is 762 g/mol. The minimum absolute atomic E-state index is 0.144. The number of carboxylic acids is 1. The smallest absolute Gasteiger partial charge is 0.472 e. The molecule has 0 radical (unpaired) electrons. The van der Waals surface area contributed by atoms with Gasteiger partial charge < -0.3 is 29.9 Å². The molecule has 0 aromatic heterocycles. The van der Waals surface area contributed by atoms with Gasteiger partial charge in [0, 0.05) is 12.8 Å². The quantitative estimate of drug-likeness (QED) is 0.0180. The molecule has 52 heavy (non-hydrogen) atoms. The fourth-order valence-electron chi connectivity index (χ4n) is 5.84. The maximum Gasteiger partial charge on any atom is 0.472 e. The van der Waals surface area contributed by atoms with Crippen LogP contribution in [0.15, 0.2) is 12.2 Å². The molecule has 0 spiro atoms. The first-order valence-electron chi connectivity index (χ1n) is 20.3. The summed E-state index contributed by atoms with van der Waals surface area (Å²) in [6.45, 7) is 2.74. The summed E-state index contributed by atoms with van der Waals surface area (Å²) >= 11 is 0. The van der Waals surface area contributed by atoms with Gasteiger partial charge in [0.15, 0.2) is 6.10 Å². The Bertz CT molecular complexity index is 1010. The summed E-state index contributed by atoms with van der Waals surface area (Å²) in [5.41, 5.74) is 5.32. The average Bonchev–Trinajstić information content (AvgIpc) is 3.87. The molecule has 1 saturated heterocycles. The van der Waals surface area contributed by atoms with E-state index in [4.69, 9.17) is 29.6 Å². The summed E-state index contributed by atoms with van der Waals surface area (Å²) in [5.74, 6) is -2.40. The van der Waals surface area contributed by atoms with Gasteiger partial charge in [-0.3, -0.25) is 23.4 Å². The van der Waals surface area contributed by atoms with E-state index in [1.54, 1.807) is 0 Å².